The monoisotopic (exact) mass is 310 g/mol. The first-order chi connectivity index (χ1) is 10.5. The number of piperazine rings is 1. The second-order valence-electron chi connectivity index (χ2n) is 4.76. The van der Waals surface area contributed by atoms with Gasteiger partial charge in [-0.25, -0.2) is 4.79 Å². The minimum absolute atomic E-state index is 0.195. The third-order valence-corrected chi connectivity index (χ3v) is 3.16. The number of nitrogens with one attached hydrogen (secondary N) is 1. The van der Waals surface area contributed by atoms with Crippen LogP contribution in [0.2, 0.25) is 0 Å². The highest BCUT2D eigenvalue weighted by atomic mass is 16.6. The molecule has 1 aromatic heterocycles. The molecule has 1 N–H and O–H groups in total. The van der Waals surface area contributed by atoms with E-state index in [2.05, 4.69) is 10.5 Å². The van der Waals surface area contributed by atoms with Crippen LogP contribution in [0.3, 0.4) is 0 Å². The van der Waals surface area contributed by atoms with E-state index in [1.807, 2.05) is 0 Å². The molecule has 9 heteroatoms. The molecule has 0 atom stereocenters. The summed E-state index contributed by atoms with van der Waals surface area (Å²) in [6.45, 7) is 4.94. The summed E-state index contributed by atoms with van der Waals surface area (Å²) in [5.74, 6) is -0.714. The quantitative estimate of drug-likeness (QED) is 0.784. The molecule has 1 fully saturated rings. The summed E-state index contributed by atoms with van der Waals surface area (Å²) in [6, 6.07) is 1.52. The zero-order valence-electron chi connectivity index (χ0n) is 12.5. The number of aryl methyl sites for hydroxylation is 1. The van der Waals surface area contributed by atoms with Crippen molar-refractivity contribution in [2.24, 2.45) is 0 Å². The maximum Gasteiger partial charge on any atom is 0.409 e. The first-order valence-electron chi connectivity index (χ1n) is 6.96. The number of rotatable bonds is 2. The third-order valence-electron chi connectivity index (χ3n) is 3.16. The fourth-order valence-corrected chi connectivity index (χ4v) is 2.05. The van der Waals surface area contributed by atoms with E-state index < -0.39 is 17.9 Å². The molecule has 1 aromatic rings. The van der Waals surface area contributed by atoms with Gasteiger partial charge >= 0.3 is 17.9 Å². The molecular formula is C13H18N4O5. The van der Waals surface area contributed by atoms with Crippen molar-refractivity contribution in [2.75, 3.05) is 38.1 Å². The zero-order valence-corrected chi connectivity index (χ0v) is 12.5. The SMILES string of the molecule is CCOC(=O)N1CCN(C(=O)C(=O)Nc2cc(C)on2)CC1. The molecule has 3 amide bonds. The Morgan fingerprint density at radius 1 is 1.27 bits per heavy atom. The Labute approximate surface area is 127 Å². The smallest absolute Gasteiger partial charge is 0.409 e. The van der Waals surface area contributed by atoms with Gasteiger partial charge in [-0.15, -0.1) is 0 Å². The molecule has 1 aliphatic rings. The zero-order chi connectivity index (χ0) is 16.1. The van der Waals surface area contributed by atoms with Gasteiger partial charge in [-0.2, -0.15) is 0 Å². The lowest BCUT2D eigenvalue weighted by molar-refractivity contribution is -0.144. The van der Waals surface area contributed by atoms with Gasteiger partial charge < -0.3 is 19.1 Å². The molecule has 0 saturated carbocycles. The maximum absolute atomic E-state index is 12.0. The van der Waals surface area contributed by atoms with Crippen molar-refractivity contribution in [1.29, 1.82) is 0 Å². The van der Waals surface area contributed by atoms with Gasteiger partial charge in [-0.1, -0.05) is 5.16 Å². The van der Waals surface area contributed by atoms with E-state index in [-0.39, 0.29) is 18.9 Å². The minimum atomic E-state index is -0.780. The van der Waals surface area contributed by atoms with Crippen molar-refractivity contribution in [3.8, 4) is 0 Å². The molecule has 1 aliphatic heterocycles. The largest absolute Gasteiger partial charge is 0.450 e. The summed E-state index contributed by atoms with van der Waals surface area (Å²) in [4.78, 5) is 38.3. The van der Waals surface area contributed by atoms with E-state index in [4.69, 9.17) is 9.26 Å². The average molecular weight is 310 g/mol. The van der Waals surface area contributed by atoms with Crippen LogP contribution in [0.25, 0.3) is 0 Å². The Hall–Kier alpha value is -2.58. The highest BCUT2D eigenvalue weighted by Gasteiger charge is 2.28. The van der Waals surface area contributed by atoms with Crippen LogP contribution in [0.15, 0.2) is 10.6 Å². The standard InChI is InChI=1S/C13H18N4O5/c1-3-21-13(20)17-6-4-16(5-7-17)12(19)11(18)14-10-8-9(2)22-15-10/h8H,3-7H2,1-2H3,(H,14,15,18). The fourth-order valence-electron chi connectivity index (χ4n) is 2.05. The Bertz CT molecular complexity index is 563. The normalized spacial score (nSPS) is 14.6. The summed E-state index contributed by atoms with van der Waals surface area (Å²) in [6.07, 6.45) is -0.405. The van der Waals surface area contributed by atoms with Crippen molar-refractivity contribution in [3.63, 3.8) is 0 Å². The molecule has 0 spiro atoms. The summed E-state index contributed by atoms with van der Waals surface area (Å²) in [5, 5.41) is 5.97. The van der Waals surface area contributed by atoms with E-state index in [1.54, 1.807) is 13.8 Å². The van der Waals surface area contributed by atoms with Gasteiger partial charge in [0.25, 0.3) is 0 Å². The Morgan fingerprint density at radius 2 is 1.91 bits per heavy atom. The van der Waals surface area contributed by atoms with E-state index >= 15 is 0 Å². The van der Waals surface area contributed by atoms with E-state index in [0.29, 0.717) is 25.5 Å². The molecule has 2 heterocycles. The predicted molar refractivity (Wildman–Crippen MR) is 75.0 cm³/mol. The molecule has 2 rings (SSSR count). The number of carbonyl (C=O) groups excluding carboxylic acids is 3. The molecule has 0 bridgehead atoms. The molecule has 0 aromatic carbocycles. The van der Waals surface area contributed by atoms with Gasteiger partial charge in [-0.3, -0.25) is 14.9 Å². The van der Waals surface area contributed by atoms with E-state index in [0.717, 1.165) is 0 Å². The second kappa shape index (κ2) is 6.92. The Balaban J connectivity index is 1.84. The van der Waals surface area contributed by atoms with E-state index in [1.165, 1.54) is 15.9 Å². The van der Waals surface area contributed by atoms with Crippen molar-refractivity contribution in [2.45, 2.75) is 13.8 Å². The number of ether oxygens (including phenoxy) is 1. The van der Waals surface area contributed by atoms with E-state index in [9.17, 15) is 14.4 Å². The lowest BCUT2D eigenvalue weighted by atomic mass is 10.3. The molecule has 120 valence electrons. The first kappa shape index (κ1) is 15.8. The van der Waals surface area contributed by atoms with Gasteiger partial charge in [0.1, 0.15) is 5.76 Å². The molecule has 9 nitrogen and oxygen atoms in total. The number of aromatic nitrogens is 1. The molecular weight excluding hydrogens is 292 g/mol. The van der Waals surface area contributed by atoms with Crippen LogP contribution in [0.5, 0.6) is 0 Å². The lowest BCUT2D eigenvalue weighted by Gasteiger charge is -2.33. The Morgan fingerprint density at radius 3 is 2.45 bits per heavy atom. The van der Waals surface area contributed by atoms with Crippen LogP contribution >= 0.6 is 0 Å². The van der Waals surface area contributed by atoms with Crippen LogP contribution in [-0.2, 0) is 14.3 Å². The molecule has 22 heavy (non-hydrogen) atoms. The second-order valence-corrected chi connectivity index (χ2v) is 4.76. The highest BCUT2D eigenvalue weighted by molar-refractivity contribution is 6.39. The first-order valence-corrected chi connectivity index (χ1v) is 6.96. The number of hydrogen-bond donors (Lipinski definition) is 1. The van der Waals surface area contributed by atoms with Crippen molar-refractivity contribution in [3.05, 3.63) is 11.8 Å². The number of hydrogen-bond acceptors (Lipinski definition) is 6. The van der Waals surface area contributed by atoms with Crippen LogP contribution in [0.4, 0.5) is 10.6 Å². The molecule has 0 radical (unpaired) electrons. The third kappa shape index (κ3) is 3.74. The van der Waals surface area contributed by atoms with Crippen molar-refractivity contribution >= 4 is 23.7 Å². The topological polar surface area (TPSA) is 105 Å². The van der Waals surface area contributed by atoms with Crippen LogP contribution < -0.4 is 5.32 Å². The number of anilines is 1. The fraction of sp³-hybridized carbons (Fsp3) is 0.538. The Kier molecular flexibility index (Phi) is 4.97. The number of carbonyl (C=O) groups is 3. The minimum Gasteiger partial charge on any atom is -0.450 e. The van der Waals surface area contributed by atoms with Gasteiger partial charge in [0.15, 0.2) is 5.82 Å². The number of nitrogens with zero attached hydrogens (tertiary/aromatic N) is 3. The number of amides is 3. The van der Waals surface area contributed by atoms with Gasteiger partial charge in [0, 0.05) is 32.2 Å². The van der Waals surface area contributed by atoms with Gasteiger partial charge in [0.05, 0.1) is 6.61 Å². The van der Waals surface area contributed by atoms with Gasteiger partial charge in [0.2, 0.25) is 0 Å². The summed E-state index contributed by atoms with van der Waals surface area (Å²) in [5.41, 5.74) is 0. The summed E-state index contributed by atoms with van der Waals surface area (Å²) >= 11 is 0. The summed E-state index contributed by atoms with van der Waals surface area (Å²) in [7, 11) is 0. The van der Waals surface area contributed by atoms with Crippen molar-refractivity contribution < 1.29 is 23.6 Å². The maximum atomic E-state index is 12.0. The van der Waals surface area contributed by atoms with Gasteiger partial charge in [-0.05, 0) is 13.8 Å². The van der Waals surface area contributed by atoms with Crippen LogP contribution in [0, 0.1) is 6.92 Å². The molecule has 0 aliphatic carbocycles. The van der Waals surface area contributed by atoms with Crippen molar-refractivity contribution in [1.82, 2.24) is 15.0 Å². The van der Waals surface area contributed by atoms with Crippen LogP contribution in [0.1, 0.15) is 12.7 Å². The van der Waals surface area contributed by atoms with Crippen LogP contribution in [-0.4, -0.2) is 65.6 Å². The predicted octanol–water partition coefficient (Wildman–Crippen LogP) is 0.222. The lowest BCUT2D eigenvalue weighted by Crippen LogP contribution is -2.53. The molecule has 0 unspecified atom stereocenters. The average Bonchev–Trinajstić information content (AvgIpc) is 2.92. The summed E-state index contributed by atoms with van der Waals surface area (Å²) < 4.78 is 9.70. The molecule has 1 saturated heterocycles. The highest BCUT2D eigenvalue weighted by Crippen LogP contribution is 2.09.